The molecule has 0 saturated heterocycles. The molecule has 0 aliphatic rings. The van der Waals surface area contributed by atoms with Crippen molar-refractivity contribution in [1.82, 2.24) is 4.98 Å². The van der Waals surface area contributed by atoms with E-state index in [1.54, 1.807) is 12.4 Å². The lowest BCUT2D eigenvalue weighted by molar-refractivity contribution is 0.718. The molecule has 1 unspecified atom stereocenters. The highest BCUT2D eigenvalue weighted by Gasteiger charge is 2.06. The summed E-state index contributed by atoms with van der Waals surface area (Å²) in [6.07, 6.45) is 4.35. The van der Waals surface area contributed by atoms with Crippen LogP contribution in [0.2, 0.25) is 5.02 Å². The highest BCUT2D eigenvalue weighted by atomic mass is 35.5. The second kappa shape index (κ2) is 5.10. The van der Waals surface area contributed by atoms with Gasteiger partial charge in [0.15, 0.2) is 0 Å². The molecule has 0 bridgehead atoms. The summed E-state index contributed by atoms with van der Waals surface area (Å²) in [7, 11) is 0. The van der Waals surface area contributed by atoms with Crippen LogP contribution < -0.4 is 5.73 Å². The van der Waals surface area contributed by atoms with Gasteiger partial charge in [-0.25, -0.2) is 0 Å². The number of benzene rings is 1. The van der Waals surface area contributed by atoms with Crippen molar-refractivity contribution in [3.05, 3.63) is 64.9 Å². The number of nitrogens with two attached hydrogens (primary N) is 1. The number of nitrogens with zero attached hydrogens (tertiary/aromatic N) is 1. The SMILES string of the molecule is NC(Cc1ccc(Cl)cc1)c1cccnc1. The van der Waals surface area contributed by atoms with Gasteiger partial charge in [-0.3, -0.25) is 4.98 Å². The minimum absolute atomic E-state index is 0.0186. The molecule has 0 aliphatic heterocycles. The molecular weight excluding hydrogens is 220 g/mol. The number of hydrogen-bond acceptors (Lipinski definition) is 2. The van der Waals surface area contributed by atoms with Crippen LogP contribution in [0.25, 0.3) is 0 Å². The lowest BCUT2D eigenvalue weighted by Gasteiger charge is -2.11. The number of aromatic nitrogens is 1. The first kappa shape index (κ1) is 11.1. The highest BCUT2D eigenvalue weighted by Crippen LogP contribution is 2.16. The molecule has 2 nitrogen and oxygen atoms in total. The lowest BCUT2D eigenvalue weighted by Crippen LogP contribution is -2.13. The van der Waals surface area contributed by atoms with E-state index in [0.717, 1.165) is 17.0 Å². The van der Waals surface area contributed by atoms with Gasteiger partial charge in [-0.2, -0.15) is 0 Å². The van der Waals surface area contributed by atoms with Gasteiger partial charge in [-0.1, -0.05) is 29.8 Å². The molecule has 82 valence electrons. The van der Waals surface area contributed by atoms with Gasteiger partial charge in [-0.05, 0) is 35.7 Å². The van der Waals surface area contributed by atoms with Gasteiger partial charge >= 0.3 is 0 Å². The molecule has 0 spiro atoms. The van der Waals surface area contributed by atoms with Crippen molar-refractivity contribution in [1.29, 1.82) is 0 Å². The third-order valence-electron chi connectivity index (χ3n) is 2.48. The normalized spacial score (nSPS) is 12.4. The fourth-order valence-corrected chi connectivity index (χ4v) is 1.71. The zero-order chi connectivity index (χ0) is 11.4. The first-order valence-corrected chi connectivity index (χ1v) is 5.53. The Balaban J connectivity index is 2.08. The van der Waals surface area contributed by atoms with Gasteiger partial charge in [0.1, 0.15) is 0 Å². The Morgan fingerprint density at radius 3 is 2.56 bits per heavy atom. The lowest BCUT2D eigenvalue weighted by atomic mass is 10.0. The third-order valence-corrected chi connectivity index (χ3v) is 2.73. The predicted octanol–water partition coefficient (Wildman–Crippen LogP) is 2.98. The zero-order valence-electron chi connectivity index (χ0n) is 8.81. The molecular formula is C13H13ClN2. The van der Waals surface area contributed by atoms with Crippen LogP contribution in [0.5, 0.6) is 0 Å². The van der Waals surface area contributed by atoms with Gasteiger partial charge in [0.2, 0.25) is 0 Å². The Bertz CT molecular complexity index is 439. The van der Waals surface area contributed by atoms with Gasteiger partial charge in [-0.15, -0.1) is 0 Å². The van der Waals surface area contributed by atoms with E-state index in [1.165, 1.54) is 5.56 Å². The number of halogens is 1. The molecule has 0 amide bonds. The molecule has 0 saturated carbocycles. The van der Waals surface area contributed by atoms with E-state index >= 15 is 0 Å². The van der Waals surface area contributed by atoms with Crippen molar-refractivity contribution >= 4 is 11.6 Å². The van der Waals surface area contributed by atoms with Crippen molar-refractivity contribution in [2.45, 2.75) is 12.5 Å². The van der Waals surface area contributed by atoms with Crippen LogP contribution in [0.3, 0.4) is 0 Å². The largest absolute Gasteiger partial charge is 0.324 e. The maximum Gasteiger partial charge on any atom is 0.0406 e. The molecule has 16 heavy (non-hydrogen) atoms. The smallest absolute Gasteiger partial charge is 0.0406 e. The van der Waals surface area contributed by atoms with E-state index in [0.29, 0.717) is 0 Å². The Labute approximate surface area is 100 Å². The average molecular weight is 233 g/mol. The number of hydrogen-bond donors (Lipinski definition) is 1. The van der Waals surface area contributed by atoms with Crippen LogP contribution in [0, 0.1) is 0 Å². The topological polar surface area (TPSA) is 38.9 Å². The Morgan fingerprint density at radius 1 is 1.19 bits per heavy atom. The third kappa shape index (κ3) is 2.81. The molecule has 1 aromatic heterocycles. The Kier molecular flexibility index (Phi) is 3.54. The quantitative estimate of drug-likeness (QED) is 0.884. The maximum absolute atomic E-state index is 6.09. The molecule has 1 aromatic carbocycles. The second-order valence-electron chi connectivity index (χ2n) is 3.72. The van der Waals surface area contributed by atoms with E-state index < -0.39 is 0 Å². The molecule has 0 aliphatic carbocycles. The fourth-order valence-electron chi connectivity index (χ4n) is 1.59. The van der Waals surface area contributed by atoms with Crippen LogP contribution in [0.4, 0.5) is 0 Å². The number of rotatable bonds is 3. The van der Waals surface area contributed by atoms with Crippen molar-refractivity contribution in [2.75, 3.05) is 0 Å². The minimum atomic E-state index is -0.0186. The van der Waals surface area contributed by atoms with E-state index in [2.05, 4.69) is 4.98 Å². The first-order valence-electron chi connectivity index (χ1n) is 5.15. The van der Waals surface area contributed by atoms with E-state index in [1.807, 2.05) is 36.4 Å². The second-order valence-corrected chi connectivity index (χ2v) is 4.16. The van der Waals surface area contributed by atoms with Crippen molar-refractivity contribution < 1.29 is 0 Å². The summed E-state index contributed by atoms with van der Waals surface area (Å²) in [5.74, 6) is 0. The first-order chi connectivity index (χ1) is 7.75. The Hall–Kier alpha value is -1.38. The summed E-state index contributed by atoms with van der Waals surface area (Å²) in [5.41, 5.74) is 8.33. The molecule has 2 aromatic rings. The standard InChI is InChI=1S/C13H13ClN2/c14-12-5-3-10(4-6-12)8-13(15)11-2-1-7-16-9-11/h1-7,9,13H,8,15H2. The van der Waals surface area contributed by atoms with Gasteiger partial charge in [0.25, 0.3) is 0 Å². The summed E-state index contributed by atoms with van der Waals surface area (Å²) >= 11 is 5.82. The average Bonchev–Trinajstić information content (AvgIpc) is 2.33. The van der Waals surface area contributed by atoms with Gasteiger partial charge < -0.3 is 5.73 Å². The highest BCUT2D eigenvalue weighted by molar-refractivity contribution is 6.30. The van der Waals surface area contributed by atoms with Crippen molar-refractivity contribution in [3.63, 3.8) is 0 Å². The molecule has 0 radical (unpaired) electrons. The van der Waals surface area contributed by atoms with Crippen molar-refractivity contribution in [2.24, 2.45) is 5.73 Å². The van der Waals surface area contributed by atoms with E-state index in [4.69, 9.17) is 17.3 Å². The summed E-state index contributed by atoms with van der Waals surface area (Å²) in [6.45, 7) is 0. The molecule has 2 rings (SSSR count). The molecule has 1 heterocycles. The van der Waals surface area contributed by atoms with Crippen molar-refractivity contribution in [3.8, 4) is 0 Å². The van der Waals surface area contributed by atoms with Gasteiger partial charge in [0.05, 0.1) is 0 Å². The van der Waals surface area contributed by atoms with Crippen LogP contribution in [-0.4, -0.2) is 4.98 Å². The maximum atomic E-state index is 6.09. The van der Waals surface area contributed by atoms with Gasteiger partial charge in [0, 0.05) is 23.5 Å². The number of pyridine rings is 1. The molecule has 3 heteroatoms. The molecule has 0 fully saturated rings. The summed E-state index contributed by atoms with van der Waals surface area (Å²) < 4.78 is 0. The fraction of sp³-hybridized carbons (Fsp3) is 0.154. The minimum Gasteiger partial charge on any atom is -0.324 e. The van der Waals surface area contributed by atoms with Crippen LogP contribution in [-0.2, 0) is 6.42 Å². The van der Waals surface area contributed by atoms with E-state index in [-0.39, 0.29) is 6.04 Å². The Morgan fingerprint density at radius 2 is 1.94 bits per heavy atom. The molecule has 2 N–H and O–H groups in total. The van der Waals surface area contributed by atoms with E-state index in [9.17, 15) is 0 Å². The monoisotopic (exact) mass is 232 g/mol. The summed E-state index contributed by atoms with van der Waals surface area (Å²) in [4.78, 5) is 4.06. The summed E-state index contributed by atoms with van der Waals surface area (Å²) in [6, 6.07) is 11.6. The van der Waals surface area contributed by atoms with Crippen LogP contribution >= 0.6 is 11.6 Å². The predicted molar refractivity (Wildman–Crippen MR) is 66.3 cm³/mol. The summed E-state index contributed by atoms with van der Waals surface area (Å²) in [5, 5.41) is 0.749. The zero-order valence-corrected chi connectivity index (χ0v) is 9.56. The van der Waals surface area contributed by atoms with Crippen LogP contribution in [0.1, 0.15) is 17.2 Å². The molecule has 1 atom stereocenters. The van der Waals surface area contributed by atoms with Crippen LogP contribution in [0.15, 0.2) is 48.8 Å².